The van der Waals surface area contributed by atoms with E-state index in [2.05, 4.69) is 15.6 Å². The van der Waals surface area contributed by atoms with Crippen molar-refractivity contribution in [2.45, 2.75) is 58.3 Å². The number of carbonyl (C=O) groups excluding carboxylic acids is 2. The first-order valence-electron chi connectivity index (χ1n) is 9.92. The normalized spacial score (nSPS) is 16.1. The minimum Gasteiger partial charge on any atom is -0.444 e. The smallest absolute Gasteiger partial charge is 0.407 e. The summed E-state index contributed by atoms with van der Waals surface area (Å²) in [6.45, 7) is 6.49. The van der Waals surface area contributed by atoms with Crippen LogP contribution < -0.4 is 10.6 Å². The lowest BCUT2D eigenvalue weighted by Crippen LogP contribution is -2.40. The summed E-state index contributed by atoms with van der Waals surface area (Å²) in [5.41, 5.74) is 3.62. The SMILES string of the molecule is CC(C)(C)OC(=O)NCc1ccc(-c2ccnc3c2CN(C2CC2)C(=O)N3)cc1. The summed E-state index contributed by atoms with van der Waals surface area (Å²) in [5.74, 6) is 0.639. The molecule has 2 aromatic rings. The maximum Gasteiger partial charge on any atom is 0.407 e. The van der Waals surface area contributed by atoms with E-state index in [-0.39, 0.29) is 6.03 Å². The number of aromatic nitrogens is 1. The van der Waals surface area contributed by atoms with Crippen molar-refractivity contribution in [3.05, 3.63) is 47.7 Å². The fourth-order valence-electron chi connectivity index (χ4n) is 3.42. The average molecular weight is 394 g/mol. The topological polar surface area (TPSA) is 83.6 Å². The average Bonchev–Trinajstić information content (AvgIpc) is 3.49. The van der Waals surface area contributed by atoms with E-state index in [4.69, 9.17) is 4.74 Å². The number of benzene rings is 1. The number of pyridine rings is 1. The molecular weight excluding hydrogens is 368 g/mol. The van der Waals surface area contributed by atoms with Crippen LogP contribution in [0.25, 0.3) is 11.1 Å². The summed E-state index contributed by atoms with van der Waals surface area (Å²) < 4.78 is 5.26. The van der Waals surface area contributed by atoms with Gasteiger partial charge in [0.1, 0.15) is 11.4 Å². The molecule has 0 radical (unpaired) electrons. The summed E-state index contributed by atoms with van der Waals surface area (Å²) >= 11 is 0. The summed E-state index contributed by atoms with van der Waals surface area (Å²) in [4.78, 5) is 30.3. The Kier molecular flexibility index (Phi) is 4.90. The Morgan fingerprint density at radius 3 is 2.62 bits per heavy atom. The number of alkyl carbamates (subject to hydrolysis) is 1. The van der Waals surface area contributed by atoms with Gasteiger partial charge in [-0.25, -0.2) is 14.6 Å². The first-order chi connectivity index (χ1) is 13.8. The predicted octanol–water partition coefficient (Wildman–Crippen LogP) is 4.28. The van der Waals surface area contributed by atoms with E-state index in [1.165, 1.54) is 0 Å². The van der Waals surface area contributed by atoms with Crippen LogP contribution in [0.5, 0.6) is 0 Å². The molecule has 3 amide bonds. The van der Waals surface area contributed by atoms with Gasteiger partial charge in [-0.05, 0) is 56.4 Å². The summed E-state index contributed by atoms with van der Waals surface area (Å²) in [5, 5.41) is 5.69. The summed E-state index contributed by atoms with van der Waals surface area (Å²) in [7, 11) is 0. The van der Waals surface area contributed by atoms with Crippen molar-refractivity contribution >= 4 is 17.9 Å². The molecule has 29 heavy (non-hydrogen) atoms. The van der Waals surface area contributed by atoms with E-state index in [0.717, 1.165) is 35.1 Å². The first kappa shape index (κ1) is 19.2. The molecule has 1 aromatic carbocycles. The second-order valence-electron chi connectivity index (χ2n) is 8.53. The van der Waals surface area contributed by atoms with Crippen molar-refractivity contribution in [2.24, 2.45) is 0 Å². The molecule has 0 saturated heterocycles. The number of anilines is 1. The third kappa shape index (κ3) is 4.50. The lowest BCUT2D eigenvalue weighted by molar-refractivity contribution is 0.0523. The van der Waals surface area contributed by atoms with Crippen LogP contribution in [-0.2, 0) is 17.8 Å². The Labute approximate surface area is 170 Å². The van der Waals surface area contributed by atoms with Crippen LogP contribution in [0.4, 0.5) is 15.4 Å². The molecule has 152 valence electrons. The fraction of sp³-hybridized carbons (Fsp3) is 0.409. The van der Waals surface area contributed by atoms with E-state index >= 15 is 0 Å². The molecule has 2 aliphatic rings. The minimum atomic E-state index is -0.516. The van der Waals surface area contributed by atoms with E-state index in [1.54, 1.807) is 6.20 Å². The number of hydrogen-bond acceptors (Lipinski definition) is 4. The lowest BCUT2D eigenvalue weighted by Gasteiger charge is -2.30. The van der Waals surface area contributed by atoms with Crippen LogP contribution in [0, 0.1) is 0 Å². The van der Waals surface area contributed by atoms with Gasteiger partial charge in [-0.3, -0.25) is 5.32 Å². The Balaban J connectivity index is 1.48. The third-order valence-electron chi connectivity index (χ3n) is 4.96. The number of ether oxygens (including phenoxy) is 1. The zero-order valence-corrected chi connectivity index (χ0v) is 17.0. The van der Waals surface area contributed by atoms with Crippen LogP contribution in [0.3, 0.4) is 0 Å². The summed E-state index contributed by atoms with van der Waals surface area (Å²) in [6, 6.07) is 10.3. The van der Waals surface area contributed by atoms with E-state index in [0.29, 0.717) is 24.9 Å². The van der Waals surface area contributed by atoms with Gasteiger partial charge < -0.3 is 15.0 Å². The van der Waals surface area contributed by atoms with Crippen molar-refractivity contribution < 1.29 is 14.3 Å². The number of hydrogen-bond donors (Lipinski definition) is 2. The maximum atomic E-state index is 12.3. The van der Waals surface area contributed by atoms with Gasteiger partial charge in [0.05, 0.1) is 6.54 Å². The van der Waals surface area contributed by atoms with E-state index in [9.17, 15) is 9.59 Å². The van der Waals surface area contributed by atoms with Crippen molar-refractivity contribution in [1.29, 1.82) is 0 Å². The van der Waals surface area contributed by atoms with Gasteiger partial charge in [-0.15, -0.1) is 0 Å². The standard InChI is InChI=1S/C22H26N4O3/c1-22(2,3)29-21(28)24-12-14-4-6-15(7-5-14)17-10-11-23-19-18(17)13-26(16-8-9-16)20(27)25-19/h4-7,10-11,16H,8-9,12-13H2,1-3H3,(H,24,28)(H,23,25,27). The Morgan fingerprint density at radius 1 is 1.24 bits per heavy atom. The highest BCUT2D eigenvalue weighted by atomic mass is 16.6. The van der Waals surface area contributed by atoms with E-state index < -0.39 is 11.7 Å². The van der Waals surface area contributed by atoms with Crippen molar-refractivity contribution in [3.8, 4) is 11.1 Å². The Bertz CT molecular complexity index is 930. The summed E-state index contributed by atoms with van der Waals surface area (Å²) in [6.07, 6.45) is 3.43. The molecule has 0 spiro atoms. The molecule has 0 unspecified atom stereocenters. The maximum absolute atomic E-state index is 12.3. The molecule has 0 atom stereocenters. The number of urea groups is 1. The first-order valence-corrected chi connectivity index (χ1v) is 9.92. The third-order valence-corrected chi connectivity index (χ3v) is 4.96. The zero-order valence-electron chi connectivity index (χ0n) is 17.0. The molecule has 1 saturated carbocycles. The molecular formula is C22H26N4O3. The Hall–Kier alpha value is -3.09. The molecule has 7 heteroatoms. The van der Waals surface area contributed by atoms with Crippen LogP contribution in [0.15, 0.2) is 36.5 Å². The van der Waals surface area contributed by atoms with Gasteiger partial charge in [-0.1, -0.05) is 24.3 Å². The van der Waals surface area contributed by atoms with E-state index in [1.807, 2.05) is 56.0 Å². The van der Waals surface area contributed by atoms with Crippen LogP contribution >= 0.6 is 0 Å². The minimum absolute atomic E-state index is 0.0618. The molecule has 4 rings (SSSR count). The highest BCUT2D eigenvalue weighted by molar-refractivity contribution is 5.93. The monoisotopic (exact) mass is 394 g/mol. The zero-order chi connectivity index (χ0) is 20.6. The molecule has 1 aliphatic heterocycles. The number of fused-ring (bicyclic) bond motifs is 1. The van der Waals surface area contributed by atoms with Gasteiger partial charge >= 0.3 is 12.1 Å². The number of amides is 3. The van der Waals surface area contributed by atoms with Crippen LogP contribution in [0.1, 0.15) is 44.7 Å². The highest BCUT2D eigenvalue weighted by Gasteiger charge is 2.36. The van der Waals surface area contributed by atoms with Gasteiger partial charge in [0, 0.05) is 24.3 Å². The van der Waals surface area contributed by atoms with Crippen molar-refractivity contribution in [1.82, 2.24) is 15.2 Å². The highest BCUT2D eigenvalue weighted by Crippen LogP contribution is 2.36. The second-order valence-corrected chi connectivity index (χ2v) is 8.53. The number of nitrogens with zero attached hydrogens (tertiary/aromatic N) is 2. The number of nitrogens with one attached hydrogen (secondary N) is 2. The molecule has 1 aromatic heterocycles. The fourth-order valence-corrected chi connectivity index (χ4v) is 3.42. The van der Waals surface area contributed by atoms with Crippen LogP contribution in [-0.4, -0.2) is 33.7 Å². The molecule has 2 N–H and O–H groups in total. The molecule has 1 aliphatic carbocycles. The molecule has 0 bridgehead atoms. The van der Waals surface area contributed by atoms with Gasteiger partial charge in [-0.2, -0.15) is 0 Å². The quantitative estimate of drug-likeness (QED) is 0.811. The van der Waals surface area contributed by atoms with Crippen molar-refractivity contribution in [3.63, 3.8) is 0 Å². The largest absolute Gasteiger partial charge is 0.444 e. The number of rotatable bonds is 4. The lowest BCUT2D eigenvalue weighted by atomic mass is 9.98. The molecule has 1 fully saturated rings. The Morgan fingerprint density at radius 2 is 1.97 bits per heavy atom. The molecule has 7 nitrogen and oxygen atoms in total. The van der Waals surface area contributed by atoms with Gasteiger partial charge in [0.25, 0.3) is 0 Å². The molecule has 2 heterocycles. The van der Waals surface area contributed by atoms with Gasteiger partial charge in [0.2, 0.25) is 0 Å². The predicted molar refractivity (Wildman–Crippen MR) is 110 cm³/mol. The van der Waals surface area contributed by atoms with Crippen molar-refractivity contribution in [2.75, 3.05) is 5.32 Å². The van der Waals surface area contributed by atoms with Crippen LogP contribution in [0.2, 0.25) is 0 Å². The number of carbonyl (C=O) groups is 2. The second kappa shape index (κ2) is 7.39. The van der Waals surface area contributed by atoms with Gasteiger partial charge in [0.15, 0.2) is 0 Å².